The van der Waals surface area contributed by atoms with Gasteiger partial charge < -0.3 is 10.1 Å². The minimum atomic E-state index is -4.30. The van der Waals surface area contributed by atoms with Crippen LogP contribution in [0.5, 0.6) is 0 Å². The molecule has 0 aliphatic carbocycles. The number of rotatable bonds is 6. The first kappa shape index (κ1) is 17.0. The Hall–Kier alpha value is -1.07. The van der Waals surface area contributed by atoms with Crippen molar-refractivity contribution in [2.75, 3.05) is 13.7 Å². The number of benzene rings is 1. The lowest BCUT2D eigenvalue weighted by molar-refractivity contribution is -0.137. The molecule has 0 amide bonds. The predicted molar refractivity (Wildman–Crippen MR) is 73.6 cm³/mol. The van der Waals surface area contributed by atoms with Gasteiger partial charge in [0.2, 0.25) is 0 Å². The van der Waals surface area contributed by atoms with Crippen molar-refractivity contribution in [2.24, 2.45) is 0 Å². The highest BCUT2D eigenvalue weighted by atomic mass is 19.4. The van der Waals surface area contributed by atoms with Crippen LogP contribution in [0.2, 0.25) is 0 Å². The van der Waals surface area contributed by atoms with E-state index in [2.05, 4.69) is 5.32 Å². The van der Waals surface area contributed by atoms with Crippen LogP contribution in [0.3, 0.4) is 0 Å². The highest BCUT2D eigenvalue weighted by Gasteiger charge is 2.34. The molecule has 20 heavy (non-hydrogen) atoms. The van der Waals surface area contributed by atoms with Crippen LogP contribution in [-0.4, -0.2) is 19.3 Å². The molecule has 0 heterocycles. The van der Waals surface area contributed by atoms with Crippen LogP contribution >= 0.6 is 0 Å². The lowest BCUT2D eigenvalue weighted by Crippen LogP contribution is -2.42. The Morgan fingerprint density at radius 2 is 1.70 bits per heavy atom. The van der Waals surface area contributed by atoms with E-state index < -0.39 is 17.3 Å². The van der Waals surface area contributed by atoms with Gasteiger partial charge in [-0.3, -0.25) is 0 Å². The summed E-state index contributed by atoms with van der Waals surface area (Å²) in [5.41, 5.74) is -0.298. The van der Waals surface area contributed by atoms with E-state index in [0.717, 1.165) is 24.1 Å². The maximum atomic E-state index is 12.6. The predicted octanol–water partition coefficient (Wildman–Crippen LogP) is 4.17. The molecule has 2 nitrogen and oxygen atoms in total. The molecule has 0 aliphatic rings. The largest absolute Gasteiger partial charge is 0.416 e. The fraction of sp³-hybridized carbons (Fsp3) is 0.600. The smallest absolute Gasteiger partial charge is 0.377 e. The Kier molecular flexibility index (Phi) is 5.59. The average Bonchev–Trinajstić information content (AvgIpc) is 2.43. The van der Waals surface area contributed by atoms with E-state index in [4.69, 9.17) is 4.74 Å². The molecule has 1 N–H and O–H groups in total. The molecule has 2 unspecified atom stereocenters. The van der Waals surface area contributed by atoms with E-state index in [1.54, 1.807) is 7.11 Å². The zero-order valence-corrected chi connectivity index (χ0v) is 12.3. The number of nitrogens with one attached hydrogen (secondary N) is 1. The maximum Gasteiger partial charge on any atom is 0.416 e. The highest BCUT2D eigenvalue weighted by molar-refractivity contribution is 5.28. The molecule has 0 saturated heterocycles. The molecular weight excluding hydrogens is 267 g/mol. The molecule has 1 aromatic carbocycles. The lowest BCUT2D eigenvalue weighted by Gasteiger charge is -2.36. The summed E-state index contributed by atoms with van der Waals surface area (Å²) in [6.45, 7) is 6.63. The second-order valence-corrected chi connectivity index (χ2v) is 4.98. The molecule has 0 aliphatic heterocycles. The van der Waals surface area contributed by atoms with Crippen LogP contribution in [0.25, 0.3) is 0 Å². The first-order valence-electron chi connectivity index (χ1n) is 6.74. The number of methoxy groups -OCH3 is 1. The Morgan fingerprint density at radius 3 is 2.05 bits per heavy atom. The SMILES string of the molecule is CCNC(c1ccc(C(F)(F)F)cc1)C(C)(CC)OC. The number of hydrogen-bond acceptors (Lipinski definition) is 2. The van der Waals surface area contributed by atoms with Gasteiger partial charge in [-0.1, -0.05) is 26.0 Å². The Balaban J connectivity index is 3.10. The number of halogens is 3. The molecule has 0 fully saturated rings. The van der Waals surface area contributed by atoms with Crippen LogP contribution in [0.1, 0.15) is 44.4 Å². The van der Waals surface area contributed by atoms with Gasteiger partial charge in [-0.2, -0.15) is 13.2 Å². The quantitative estimate of drug-likeness (QED) is 0.848. The summed E-state index contributed by atoms with van der Waals surface area (Å²) >= 11 is 0. The van der Waals surface area contributed by atoms with Crippen molar-refractivity contribution in [1.29, 1.82) is 0 Å². The third-order valence-corrected chi connectivity index (χ3v) is 3.76. The van der Waals surface area contributed by atoms with Crippen molar-refractivity contribution in [3.05, 3.63) is 35.4 Å². The molecule has 0 saturated carbocycles. The standard InChI is InChI=1S/C15H22F3NO/c1-5-14(3,20-4)13(19-6-2)11-7-9-12(10-8-11)15(16,17)18/h7-10,13,19H,5-6H2,1-4H3. The van der Waals surface area contributed by atoms with E-state index in [-0.39, 0.29) is 6.04 Å². The highest BCUT2D eigenvalue weighted by Crippen LogP contribution is 2.34. The molecule has 1 aromatic rings. The Morgan fingerprint density at radius 1 is 1.15 bits per heavy atom. The van der Waals surface area contributed by atoms with Crippen molar-refractivity contribution in [3.63, 3.8) is 0 Å². The van der Waals surface area contributed by atoms with Crippen molar-refractivity contribution >= 4 is 0 Å². The van der Waals surface area contributed by atoms with Crippen LogP contribution in [0.4, 0.5) is 13.2 Å². The van der Waals surface area contributed by atoms with Gasteiger partial charge in [-0.05, 0) is 37.6 Å². The van der Waals surface area contributed by atoms with Crippen LogP contribution in [-0.2, 0) is 10.9 Å². The second kappa shape index (κ2) is 6.59. The van der Waals surface area contributed by atoms with Gasteiger partial charge in [0.05, 0.1) is 17.2 Å². The van der Waals surface area contributed by atoms with Crippen LogP contribution < -0.4 is 5.32 Å². The fourth-order valence-corrected chi connectivity index (χ4v) is 2.22. The van der Waals surface area contributed by atoms with Crippen molar-refractivity contribution in [3.8, 4) is 0 Å². The van der Waals surface area contributed by atoms with Gasteiger partial charge in [-0.15, -0.1) is 0 Å². The second-order valence-electron chi connectivity index (χ2n) is 4.98. The number of alkyl halides is 3. The minimum absolute atomic E-state index is 0.148. The van der Waals surface area contributed by atoms with Gasteiger partial charge in [-0.25, -0.2) is 0 Å². The summed E-state index contributed by atoms with van der Waals surface area (Å²) < 4.78 is 43.4. The van der Waals surface area contributed by atoms with E-state index in [1.807, 2.05) is 20.8 Å². The van der Waals surface area contributed by atoms with E-state index in [1.165, 1.54) is 12.1 Å². The average molecular weight is 289 g/mol. The normalized spacial score (nSPS) is 16.8. The Bertz CT molecular complexity index is 410. The fourth-order valence-electron chi connectivity index (χ4n) is 2.22. The molecule has 1 rings (SSSR count). The van der Waals surface area contributed by atoms with E-state index in [0.29, 0.717) is 6.54 Å². The van der Waals surface area contributed by atoms with Gasteiger partial charge in [0.1, 0.15) is 0 Å². The number of ether oxygens (including phenoxy) is 1. The van der Waals surface area contributed by atoms with Crippen molar-refractivity contribution < 1.29 is 17.9 Å². The summed E-state index contributed by atoms with van der Waals surface area (Å²) in [6.07, 6.45) is -3.55. The van der Waals surface area contributed by atoms with Gasteiger partial charge in [0.25, 0.3) is 0 Å². The molecule has 0 bridgehead atoms. The molecule has 0 radical (unpaired) electrons. The van der Waals surface area contributed by atoms with E-state index in [9.17, 15) is 13.2 Å². The molecule has 0 spiro atoms. The summed E-state index contributed by atoms with van der Waals surface area (Å²) in [6, 6.07) is 5.12. The number of hydrogen-bond donors (Lipinski definition) is 1. The lowest BCUT2D eigenvalue weighted by atomic mass is 9.87. The molecule has 2 atom stereocenters. The summed E-state index contributed by atoms with van der Waals surface area (Å²) in [5, 5.41) is 3.29. The van der Waals surface area contributed by atoms with Gasteiger partial charge in [0.15, 0.2) is 0 Å². The third-order valence-electron chi connectivity index (χ3n) is 3.76. The minimum Gasteiger partial charge on any atom is -0.377 e. The summed E-state index contributed by atoms with van der Waals surface area (Å²) in [7, 11) is 1.62. The Labute approximate surface area is 118 Å². The zero-order chi connectivity index (χ0) is 15.4. The molecule has 5 heteroatoms. The van der Waals surface area contributed by atoms with Crippen molar-refractivity contribution in [1.82, 2.24) is 5.32 Å². The summed E-state index contributed by atoms with van der Waals surface area (Å²) in [4.78, 5) is 0. The van der Waals surface area contributed by atoms with Crippen LogP contribution in [0.15, 0.2) is 24.3 Å². The van der Waals surface area contributed by atoms with Gasteiger partial charge >= 0.3 is 6.18 Å². The van der Waals surface area contributed by atoms with Crippen LogP contribution in [0, 0.1) is 0 Å². The zero-order valence-electron chi connectivity index (χ0n) is 12.3. The topological polar surface area (TPSA) is 21.3 Å². The molecular formula is C15H22F3NO. The van der Waals surface area contributed by atoms with Gasteiger partial charge in [0, 0.05) is 7.11 Å². The molecule has 0 aromatic heterocycles. The van der Waals surface area contributed by atoms with E-state index >= 15 is 0 Å². The first-order valence-corrected chi connectivity index (χ1v) is 6.74. The van der Waals surface area contributed by atoms with Crippen molar-refractivity contribution in [2.45, 2.75) is 45.0 Å². The maximum absolute atomic E-state index is 12.6. The summed E-state index contributed by atoms with van der Waals surface area (Å²) in [5.74, 6) is 0. The monoisotopic (exact) mass is 289 g/mol. The molecule has 114 valence electrons. The third kappa shape index (κ3) is 3.73. The number of likely N-dealkylation sites (N-methyl/N-ethyl adjacent to an activating group) is 1. The first-order chi connectivity index (χ1) is 9.28.